The van der Waals surface area contributed by atoms with E-state index in [1.807, 2.05) is 13.1 Å². The third-order valence-corrected chi connectivity index (χ3v) is 3.76. The Labute approximate surface area is 119 Å². The summed E-state index contributed by atoms with van der Waals surface area (Å²) in [6.45, 7) is 1.00. The van der Waals surface area contributed by atoms with E-state index in [0.717, 1.165) is 18.5 Å². The predicted molar refractivity (Wildman–Crippen MR) is 83.0 cm³/mol. The molecule has 0 saturated carbocycles. The highest BCUT2D eigenvalue weighted by Crippen LogP contribution is 2.30. The van der Waals surface area contributed by atoms with E-state index in [9.17, 15) is 0 Å². The molecule has 0 bridgehead atoms. The molecule has 0 aliphatic rings. The molecule has 0 unspecified atom stereocenters. The highest BCUT2D eigenvalue weighted by Gasteiger charge is 2.14. The highest BCUT2D eigenvalue weighted by molar-refractivity contribution is 5.78. The molecule has 102 valence electrons. The van der Waals surface area contributed by atoms with Gasteiger partial charge in [0.15, 0.2) is 0 Å². The molecule has 3 rings (SSSR count). The number of furan rings is 1. The normalized spacial score (nSPS) is 12.7. The van der Waals surface area contributed by atoms with Crippen molar-refractivity contribution in [3.05, 3.63) is 72.0 Å². The minimum absolute atomic E-state index is 0.419. The van der Waals surface area contributed by atoms with E-state index >= 15 is 0 Å². The average Bonchev–Trinajstić information content (AvgIpc) is 2.96. The Morgan fingerprint density at radius 2 is 1.85 bits per heavy atom. The van der Waals surface area contributed by atoms with Crippen LogP contribution >= 0.6 is 0 Å². The van der Waals surface area contributed by atoms with Crippen molar-refractivity contribution in [1.82, 2.24) is 5.32 Å². The van der Waals surface area contributed by atoms with Gasteiger partial charge >= 0.3 is 0 Å². The number of hydrogen-bond donors (Lipinski definition) is 1. The maximum Gasteiger partial charge on any atom is 0.133 e. The number of hydrogen-bond acceptors (Lipinski definition) is 2. The molecule has 0 fully saturated rings. The predicted octanol–water partition coefficient (Wildman–Crippen LogP) is 4.17. The molecule has 0 radical (unpaired) electrons. The lowest BCUT2D eigenvalue weighted by Gasteiger charge is -2.18. The van der Waals surface area contributed by atoms with Gasteiger partial charge in [-0.1, -0.05) is 36.4 Å². The molecule has 1 N–H and O–H groups in total. The Morgan fingerprint density at radius 1 is 1.00 bits per heavy atom. The van der Waals surface area contributed by atoms with Crippen molar-refractivity contribution in [3.8, 4) is 0 Å². The second-order valence-corrected chi connectivity index (χ2v) is 5.07. The molecule has 0 saturated heterocycles. The van der Waals surface area contributed by atoms with Gasteiger partial charge in [0, 0.05) is 11.3 Å². The van der Waals surface area contributed by atoms with Gasteiger partial charge in [-0.3, -0.25) is 0 Å². The zero-order chi connectivity index (χ0) is 13.8. The molecule has 0 aliphatic heterocycles. The molecule has 1 aromatic heterocycles. The van der Waals surface area contributed by atoms with Crippen LogP contribution in [0.25, 0.3) is 11.0 Å². The summed E-state index contributed by atoms with van der Waals surface area (Å²) in [4.78, 5) is 0. The first-order valence-corrected chi connectivity index (χ1v) is 7.05. The van der Waals surface area contributed by atoms with Gasteiger partial charge in [-0.15, -0.1) is 0 Å². The van der Waals surface area contributed by atoms with E-state index in [0.29, 0.717) is 5.92 Å². The fraction of sp³-hybridized carbons (Fsp3) is 0.222. The molecule has 0 aliphatic carbocycles. The van der Waals surface area contributed by atoms with Crippen molar-refractivity contribution in [3.63, 3.8) is 0 Å². The SMILES string of the molecule is CNCC[C@@H](c1ccccc1)c1ccc2occc2c1. The van der Waals surface area contributed by atoms with Gasteiger partial charge in [0.25, 0.3) is 0 Å². The van der Waals surface area contributed by atoms with E-state index in [2.05, 4.69) is 53.8 Å². The standard InChI is InChI=1S/C18H19NO/c1-19-11-9-17(14-5-3-2-4-6-14)15-7-8-18-16(13-15)10-12-20-18/h2-8,10,12-13,17,19H,9,11H2,1H3/t17-/m0/s1. The lowest BCUT2D eigenvalue weighted by atomic mass is 9.88. The molecule has 2 aromatic carbocycles. The third-order valence-electron chi connectivity index (χ3n) is 3.76. The van der Waals surface area contributed by atoms with Gasteiger partial charge in [0.1, 0.15) is 5.58 Å². The topological polar surface area (TPSA) is 25.2 Å². The van der Waals surface area contributed by atoms with Crippen LogP contribution in [0.15, 0.2) is 65.3 Å². The van der Waals surface area contributed by atoms with Crippen molar-refractivity contribution < 1.29 is 4.42 Å². The van der Waals surface area contributed by atoms with Crippen LogP contribution in [-0.2, 0) is 0 Å². The number of rotatable bonds is 5. The Balaban J connectivity index is 1.99. The van der Waals surface area contributed by atoms with Crippen molar-refractivity contribution >= 4 is 11.0 Å². The monoisotopic (exact) mass is 265 g/mol. The zero-order valence-electron chi connectivity index (χ0n) is 11.7. The van der Waals surface area contributed by atoms with Crippen LogP contribution in [0.4, 0.5) is 0 Å². The van der Waals surface area contributed by atoms with Gasteiger partial charge in [0.2, 0.25) is 0 Å². The quantitative estimate of drug-likeness (QED) is 0.749. The first kappa shape index (κ1) is 12.9. The summed E-state index contributed by atoms with van der Waals surface area (Å²) >= 11 is 0. The zero-order valence-corrected chi connectivity index (χ0v) is 11.7. The van der Waals surface area contributed by atoms with Crippen LogP contribution in [0, 0.1) is 0 Å². The molecule has 0 amide bonds. The number of fused-ring (bicyclic) bond motifs is 1. The summed E-state index contributed by atoms with van der Waals surface area (Å²) < 4.78 is 5.43. The highest BCUT2D eigenvalue weighted by atomic mass is 16.3. The van der Waals surface area contributed by atoms with E-state index in [4.69, 9.17) is 4.42 Å². The molecule has 1 atom stereocenters. The number of nitrogens with one attached hydrogen (secondary N) is 1. The maximum atomic E-state index is 5.43. The Morgan fingerprint density at radius 3 is 2.65 bits per heavy atom. The van der Waals surface area contributed by atoms with Crippen molar-refractivity contribution in [2.24, 2.45) is 0 Å². The van der Waals surface area contributed by atoms with Crippen LogP contribution < -0.4 is 5.32 Å². The maximum absolute atomic E-state index is 5.43. The summed E-state index contributed by atoms with van der Waals surface area (Å²) in [6, 6.07) is 19.2. The van der Waals surface area contributed by atoms with Gasteiger partial charge in [-0.25, -0.2) is 0 Å². The minimum atomic E-state index is 0.419. The van der Waals surface area contributed by atoms with E-state index in [-0.39, 0.29) is 0 Å². The summed E-state index contributed by atoms with van der Waals surface area (Å²) in [6.07, 6.45) is 2.84. The fourth-order valence-electron chi connectivity index (χ4n) is 2.70. The van der Waals surface area contributed by atoms with Crippen LogP contribution in [0.3, 0.4) is 0 Å². The van der Waals surface area contributed by atoms with Gasteiger partial charge in [0.05, 0.1) is 6.26 Å². The molecular weight excluding hydrogens is 246 g/mol. The molecule has 2 nitrogen and oxygen atoms in total. The summed E-state index contributed by atoms with van der Waals surface area (Å²) in [5.74, 6) is 0.419. The molecular formula is C18H19NO. The lowest BCUT2D eigenvalue weighted by molar-refractivity contribution is 0.615. The van der Waals surface area contributed by atoms with E-state index in [1.54, 1.807) is 6.26 Å². The molecule has 1 heterocycles. The fourth-order valence-corrected chi connectivity index (χ4v) is 2.70. The Kier molecular flexibility index (Phi) is 3.84. The Bertz CT molecular complexity index is 672. The third kappa shape index (κ3) is 2.61. The first-order chi connectivity index (χ1) is 9.88. The van der Waals surface area contributed by atoms with Crippen molar-refractivity contribution in [2.45, 2.75) is 12.3 Å². The first-order valence-electron chi connectivity index (χ1n) is 7.05. The Hall–Kier alpha value is -2.06. The second kappa shape index (κ2) is 5.93. The summed E-state index contributed by atoms with van der Waals surface area (Å²) in [5, 5.41) is 4.43. The molecule has 3 aromatic rings. The molecule has 0 spiro atoms. The molecule has 20 heavy (non-hydrogen) atoms. The minimum Gasteiger partial charge on any atom is -0.464 e. The van der Waals surface area contributed by atoms with Crippen LogP contribution in [0.1, 0.15) is 23.5 Å². The smallest absolute Gasteiger partial charge is 0.133 e. The van der Waals surface area contributed by atoms with Gasteiger partial charge < -0.3 is 9.73 Å². The van der Waals surface area contributed by atoms with E-state index < -0.39 is 0 Å². The van der Waals surface area contributed by atoms with Crippen LogP contribution in [0.5, 0.6) is 0 Å². The van der Waals surface area contributed by atoms with Crippen LogP contribution in [-0.4, -0.2) is 13.6 Å². The number of benzene rings is 2. The van der Waals surface area contributed by atoms with E-state index in [1.165, 1.54) is 16.5 Å². The van der Waals surface area contributed by atoms with Gasteiger partial charge in [-0.05, 0) is 49.3 Å². The van der Waals surface area contributed by atoms with Crippen LogP contribution in [0.2, 0.25) is 0 Å². The summed E-state index contributed by atoms with van der Waals surface area (Å²) in [5.41, 5.74) is 3.67. The molecule has 2 heteroatoms. The lowest BCUT2D eigenvalue weighted by Crippen LogP contribution is -2.13. The van der Waals surface area contributed by atoms with Crippen molar-refractivity contribution in [1.29, 1.82) is 0 Å². The van der Waals surface area contributed by atoms with Gasteiger partial charge in [-0.2, -0.15) is 0 Å². The summed E-state index contributed by atoms with van der Waals surface area (Å²) in [7, 11) is 2.00. The van der Waals surface area contributed by atoms with Crippen molar-refractivity contribution in [2.75, 3.05) is 13.6 Å². The average molecular weight is 265 g/mol. The second-order valence-electron chi connectivity index (χ2n) is 5.07. The largest absolute Gasteiger partial charge is 0.464 e.